The Morgan fingerprint density at radius 2 is 1.81 bits per heavy atom. The summed E-state index contributed by atoms with van der Waals surface area (Å²) >= 11 is 0. The summed E-state index contributed by atoms with van der Waals surface area (Å²) in [6.45, 7) is 4.90. The number of methoxy groups -OCH3 is 2. The molecule has 1 aromatic heterocycles. The number of hydrogen-bond donors (Lipinski definition) is 2. The molecule has 0 amide bonds. The Morgan fingerprint density at radius 3 is 2.38 bits per heavy atom. The van der Waals surface area contributed by atoms with Gasteiger partial charge in [-0.1, -0.05) is 36.4 Å². The Kier molecular flexibility index (Phi) is 8.77. The molecule has 1 aliphatic carbocycles. The summed E-state index contributed by atoms with van der Waals surface area (Å²) in [6.07, 6.45) is 5.79. The van der Waals surface area contributed by atoms with Crippen LogP contribution in [0, 0.1) is 17.2 Å². The van der Waals surface area contributed by atoms with Crippen molar-refractivity contribution in [2.75, 3.05) is 27.3 Å². The van der Waals surface area contributed by atoms with Crippen molar-refractivity contribution in [3.05, 3.63) is 65.9 Å². The highest BCUT2D eigenvalue weighted by Gasteiger charge is 2.40. The number of rotatable bonds is 7. The van der Waals surface area contributed by atoms with Crippen molar-refractivity contribution >= 4 is 12.6 Å². The minimum atomic E-state index is -1.46. The molecule has 2 fully saturated rings. The van der Waals surface area contributed by atoms with Crippen molar-refractivity contribution in [2.45, 2.75) is 38.1 Å². The second-order valence-corrected chi connectivity index (χ2v) is 9.60. The van der Waals surface area contributed by atoms with Crippen LogP contribution in [0.4, 0.5) is 0 Å². The van der Waals surface area contributed by atoms with Gasteiger partial charge in [0.25, 0.3) is 0 Å². The number of nitriles is 1. The summed E-state index contributed by atoms with van der Waals surface area (Å²) in [5, 5.41) is 25.7. The first kappa shape index (κ1) is 26.6. The van der Waals surface area contributed by atoms with Crippen molar-refractivity contribution in [3.63, 3.8) is 0 Å². The van der Waals surface area contributed by atoms with E-state index in [1.54, 1.807) is 20.4 Å². The van der Waals surface area contributed by atoms with Crippen LogP contribution in [-0.4, -0.2) is 65.4 Å². The molecule has 2 aromatic carbocycles. The molecular formula is C28H33BN4O4. The van der Waals surface area contributed by atoms with Gasteiger partial charge in [0.15, 0.2) is 0 Å². The fourth-order valence-electron chi connectivity index (χ4n) is 4.87. The highest BCUT2D eigenvalue weighted by Crippen LogP contribution is 2.48. The predicted octanol–water partition coefficient (Wildman–Crippen LogP) is 2.99. The molecule has 2 heterocycles. The lowest BCUT2D eigenvalue weighted by Gasteiger charge is -2.20. The molecule has 0 radical (unpaired) electrons. The Labute approximate surface area is 218 Å². The van der Waals surface area contributed by atoms with Crippen molar-refractivity contribution < 1.29 is 19.5 Å². The lowest BCUT2D eigenvalue weighted by atomic mass is 9.80. The molecule has 5 rings (SSSR count). The summed E-state index contributed by atoms with van der Waals surface area (Å²) in [5.74, 6) is 2.07. The zero-order valence-corrected chi connectivity index (χ0v) is 21.5. The fraction of sp³-hybridized carbons (Fsp3) is 0.393. The van der Waals surface area contributed by atoms with Crippen LogP contribution in [0.25, 0.3) is 11.1 Å². The summed E-state index contributed by atoms with van der Waals surface area (Å²) in [6, 6.07) is 17.9. The number of likely N-dealkylation sites (tertiary alicyclic amines) is 1. The number of ether oxygens (including phenoxy) is 2. The second-order valence-electron chi connectivity index (χ2n) is 9.60. The maximum Gasteiger partial charge on any atom is 0.488 e. The number of nitrogens with zero attached hydrogens (tertiary/aromatic N) is 4. The summed E-state index contributed by atoms with van der Waals surface area (Å²) in [4.78, 5) is 11.1. The van der Waals surface area contributed by atoms with E-state index in [-0.39, 0.29) is 0 Å². The Hall–Kier alpha value is -3.45. The molecule has 0 unspecified atom stereocenters. The summed E-state index contributed by atoms with van der Waals surface area (Å²) < 4.78 is 10.5. The zero-order valence-electron chi connectivity index (χ0n) is 21.5. The zero-order chi connectivity index (χ0) is 26.4. The molecule has 9 heteroatoms. The van der Waals surface area contributed by atoms with Crippen LogP contribution in [0.1, 0.15) is 43.2 Å². The van der Waals surface area contributed by atoms with E-state index in [0.29, 0.717) is 28.8 Å². The Bertz CT molecular complexity index is 1210. The smallest absolute Gasteiger partial charge is 0.480 e. The standard InChI is InChI=1S/C21H27N3O2.C7H6BNO2/c1-14-5-4-10-24(14)13-17-11-18(17)15-6-8-16(9-7-15)19-12-22-21(26-3)23-20(19)25-2;9-5-6-1-3-7(4-2-6)8(10)11/h6-9,12,14,17-18H,4-5,10-11,13H2,1-3H3;1-4,10-11H/t14-,17-,18-;/m1./s1. The van der Waals surface area contributed by atoms with Crippen LogP contribution in [0.3, 0.4) is 0 Å². The van der Waals surface area contributed by atoms with Crippen LogP contribution >= 0.6 is 0 Å². The van der Waals surface area contributed by atoms with Gasteiger partial charge in [-0.15, -0.1) is 0 Å². The van der Waals surface area contributed by atoms with Crippen LogP contribution in [0.5, 0.6) is 11.9 Å². The van der Waals surface area contributed by atoms with Gasteiger partial charge in [-0.25, -0.2) is 4.98 Å². The number of aromatic nitrogens is 2. The van der Waals surface area contributed by atoms with Crippen LogP contribution < -0.4 is 14.9 Å². The molecule has 1 saturated heterocycles. The average molecular weight is 500 g/mol. The minimum Gasteiger partial charge on any atom is -0.480 e. The van der Waals surface area contributed by atoms with E-state index < -0.39 is 7.12 Å². The molecule has 2 aliphatic rings. The number of hydrogen-bond acceptors (Lipinski definition) is 8. The lowest BCUT2D eigenvalue weighted by molar-refractivity contribution is 0.256. The second kappa shape index (κ2) is 12.2. The van der Waals surface area contributed by atoms with Crippen LogP contribution in [-0.2, 0) is 0 Å². The molecule has 8 nitrogen and oxygen atoms in total. The van der Waals surface area contributed by atoms with E-state index in [0.717, 1.165) is 23.1 Å². The molecule has 3 aromatic rings. The van der Waals surface area contributed by atoms with Crippen LogP contribution in [0.2, 0.25) is 0 Å². The van der Waals surface area contributed by atoms with E-state index in [2.05, 4.69) is 46.1 Å². The van der Waals surface area contributed by atoms with E-state index in [1.807, 2.05) is 6.07 Å². The van der Waals surface area contributed by atoms with Gasteiger partial charge >= 0.3 is 13.1 Å². The van der Waals surface area contributed by atoms with Gasteiger partial charge in [0.05, 0.1) is 31.4 Å². The largest absolute Gasteiger partial charge is 0.488 e. The van der Waals surface area contributed by atoms with Crippen molar-refractivity contribution in [1.29, 1.82) is 5.26 Å². The van der Waals surface area contributed by atoms with Crippen molar-refractivity contribution in [3.8, 4) is 29.1 Å². The first-order valence-corrected chi connectivity index (χ1v) is 12.6. The highest BCUT2D eigenvalue weighted by molar-refractivity contribution is 6.58. The summed E-state index contributed by atoms with van der Waals surface area (Å²) in [7, 11) is 1.72. The van der Waals surface area contributed by atoms with Gasteiger partial charge in [0, 0.05) is 18.8 Å². The van der Waals surface area contributed by atoms with Gasteiger partial charge in [-0.2, -0.15) is 10.2 Å². The monoisotopic (exact) mass is 500 g/mol. The maximum atomic E-state index is 8.66. The molecule has 2 N–H and O–H groups in total. The van der Waals surface area contributed by atoms with E-state index >= 15 is 0 Å². The predicted molar refractivity (Wildman–Crippen MR) is 143 cm³/mol. The molecule has 3 atom stereocenters. The van der Waals surface area contributed by atoms with Gasteiger partial charge in [0.2, 0.25) is 5.88 Å². The molecule has 0 bridgehead atoms. The quantitative estimate of drug-likeness (QED) is 0.477. The summed E-state index contributed by atoms with van der Waals surface area (Å²) in [5.41, 5.74) is 4.30. The normalized spacial score (nSPS) is 20.4. The van der Waals surface area contributed by atoms with E-state index in [1.165, 1.54) is 62.2 Å². The van der Waals surface area contributed by atoms with Gasteiger partial charge in [-0.05, 0) is 73.3 Å². The van der Waals surface area contributed by atoms with Gasteiger partial charge in [-0.3, -0.25) is 0 Å². The lowest BCUT2D eigenvalue weighted by Crippen LogP contribution is -2.29. The SMILES string of the molecule is COc1ncc(-c2ccc([C@H]3C[C@@H]3CN3CCC[C@H]3C)cc2)c(OC)n1.N#Cc1ccc(B(O)O)cc1. The average Bonchev–Trinajstić information content (AvgIpc) is 3.60. The fourth-order valence-corrected chi connectivity index (χ4v) is 4.87. The molecule has 192 valence electrons. The van der Waals surface area contributed by atoms with Crippen LogP contribution in [0.15, 0.2) is 54.7 Å². The molecule has 0 spiro atoms. The third kappa shape index (κ3) is 6.66. The van der Waals surface area contributed by atoms with Gasteiger partial charge < -0.3 is 24.4 Å². The molecule has 1 saturated carbocycles. The topological polar surface area (TPSA) is 112 Å². The van der Waals surface area contributed by atoms with E-state index in [9.17, 15) is 0 Å². The first-order valence-electron chi connectivity index (χ1n) is 12.6. The molecular weight excluding hydrogens is 467 g/mol. The molecule has 37 heavy (non-hydrogen) atoms. The third-order valence-corrected chi connectivity index (χ3v) is 7.18. The van der Waals surface area contributed by atoms with Crippen molar-refractivity contribution in [1.82, 2.24) is 14.9 Å². The highest BCUT2D eigenvalue weighted by atomic mass is 16.5. The Morgan fingerprint density at radius 1 is 1.08 bits per heavy atom. The van der Waals surface area contributed by atoms with Crippen molar-refractivity contribution in [2.24, 2.45) is 5.92 Å². The maximum absolute atomic E-state index is 8.66. The first-order chi connectivity index (χ1) is 17.9. The minimum absolute atomic E-state index is 0.319. The van der Waals surface area contributed by atoms with E-state index in [4.69, 9.17) is 24.8 Å². The molecule has 1 aliphatic heterocycles. The Balaban J connectivity index is 0.000000245. The van der Waals surface area contributed by atoms with Gasteiger partial charge in [0.1, 0.15) is 0 Å². The number of benzene rings is 2. The third-order valence-electron chi connectivity index (χ3n) is 7.18.